The molecule has 170 valence electrons. The molecule has 10 heteroatoms. The number of hydrogen-bond donors (Lipinski definition) is 3. The Kier molecular flexibility index (Phi) is 7.51. The number of pyridine rings is 1. The number of aromatic nitrogens is 1. The van der Waals surface area contributed by atoms with E-state index in [9.17, 15) is 13.2 Å². The van der Waals surface area contributed by atoms with Crippen molar-refractivity contribution in [3.8, 4) is 6.07 Å². The molecule has 1 amide bonds. The van der Waals surface area contributed by atoms with E-state index >= 15 is 0 Å². The molecule has 2 fully saturated rings. The number of rotatable bonds is 9. The summed E-state index contributed by atoms with van der Waals surface area (Å²) < 4.78 is 27.7. The van der Waals surface area contributed by atoms with Gasteiger partial charge in [0.1, 0.15) is 16.8 Å². The van der Waals surface area contributed by atoms with Gasteiger partial charge in [-0.25, -0.2) is 18.1 Å². The maximum Gasteiger partial charge on any atom is 0.242 e. The van der Waals surface area contributed by atoms with Gasteiger partial charge in [-0.05, 0) is 51.7 Å². The largest absolute Gasteiger partial charge is 0.368 e. The summed E-state index contributed by atoms with van der Waals surface area (Å²) in [6.07, 6.45) is 6.83. The Labute approximate surface area is 184 Å². The third-order valence-corrected chi connectivity index (χ3v) is 7.38. The van der Waals surface area contributed by atoms with E-state index in [1.807, 2.05) is 13.8 Å². The van der Waals surface area contributed by atoms with Crippen molar-refractivity contribution >= 4 is 21.7 Å². The quantitative estimate of drug-likeness (QED) is 0.523. The molecule has 0 aromatic carbocycles. The number of nitrogens with zero attached hydrogens (tertiary/aromatic N) is 3. The van der Waals surface area contributed by atoms with Crippen molar-refractivity contribution in [3.05, 3.63) is 18.3 Å². The topological polar surface area (TPSA) is 127 Å². The molecular weight excluding hydrogens is 416 g/mol. The number of carbonyl (C=O) groups excluding carboxylic acids is 1. The Morgan fingerprint density at radius 1 is 1.26 bits per heavy atom. The van der Waals surface area contributed by atoms with Crippen molar-refractivity contribution < 1.29 is 13.2 Å². The molecule has 1 aliphatic carbocycles. The smallest absolute Gasteiger partial charge is 0.242 e. The van der Waals surface area contributed by atoms with Gasteiger partial charge in [-0.1, -0.05) is 12.8 Å². The molecule has 2 aliphatic rings. The SMILES string of the molecule is CC(C)(CNc1ccc(S(=O)(=O)NC2CCCC2)cn1)NCC(=O)N1CCC[C@H]1C#N. The monoisotopic (exact) mass is 448 g/mol. The Bertz CT molecular complexity index is 904. The summed E-state index contributed by atoms with van der Waals surface area (Å²) in [6, 6.07) is 5.07. The van der Waals surface area contributed by atoms with Crippen molar-refractivity contribution in [1.29, 1.82) is 5.26 Å². The van der Waals surface area contributed by atoms with Crippen LogP contribution >= 0.6 is 0 Å². The number of nitriles is 1. The molecule has 31 heavy (non-hydrogen) atoms. The maximum absolute atomic E-state index is 12.5. The van der Waals surface area contributed by atoms with Gasteiger partial charge in [-0.15, -0.1) is 0 Å². The fourth-order valence-corrected chi connectivity index (χ4v) is 5.21. The third kappa shape index (κ3) is 6.38. The van der Waals surface area contributed by atoms with Gasteiger partial charge in [0.05, 0.1) is 12.6 Å². The molecule has 0 spiro atoms. The first-order valence-electron chi connectivity index (χ1n) is 10.9. The summed E-state index contributed by atoms with van der Waals surface area (Å²) in [4.78, 5) is 18.4. The lowest BCUT2D eigenvalue weighted by Crippen LogP contribution is -2.50. The molecule has 0 bridgehead atoms. The molecule has 0 unspecified atom stereocenters. The lowest BCUT2D eigenvalue weighted by Gasteiger charge is -2.28. The molecule has 0 radical (unpaired) electrons. The molecule has 9 nitrogen and oxygen atoms in total. The Morgan fingerprint density at radius 3 is 2.65 bits per heavy atom. The lowest BCUT2D eigenvalue weighted by atomic mass is 10.1. The van der Waals surface area contributed by atoms with Crippen LogP contribution in [0.3, 0.4) is 0 Å². The van der Waals surface area contributed by atoms with Gasteiger partial charge < -0.3 is 15.5 Å². The normalized spacial score (nSPS) is 20.0. The van der Waals surface area contributed by atoms with Crippen LogP contribution in [-0.4, -0.2) is 61.5 Å². The third-order valence-electron chi connectivity index (χ3n) is 5.88. The van der Waals surface area contributed by atoms with Crippen LogP contribution in [-0.2, 0) is 14.8 Å². The highest BCUT2D eigenvalue weighted by Crippen LogP contribution is 2.21. The van der Waals surface area contributed by atoms with E-state index in [-0.39, 0.29) is 29.4 Å². The van der Waals surface area contributed by atoms with E-state index in [0.29, 0.717) is 18.9 Å². The highest BCUT2D eigenvalue weighted by Gasteiger charge is 2.29. The Hall–Kier alpha value is -2.22. The molecule has 1 aromatic heterocycles. The highest BCUT2D eigenvalue weighted by molar-refractivity contribution is 7.89. The number of likely N-dealkylation sites (tertiary alicyclic amines) is 1. The van der Waals surface area contributed by atoms with Crippen molar-refractivity contribution in [1.82, 2.24) is 19.9 Å². The van der Waals surface area contributed by atoms with Crippen molar-refractivity contribution in [3.63, 3.8) is 0 Å². The second kappa shape index (κ2) is 9.94. The minimum absolute atomic E-state index is 0.0152. The second-order valence-corrected chi connectivity index (χ2v) is 10.7. The number of amides is 1. The first-order valence-corrected chi connectivity index (χ1v) is 12.3. The summed E-state index contributed by atoms with van der Waals surface area (Å²) in [5.41, 5.74) is -0.409. The number of nitrogens with one attached hydrogen (secondary N) is 3. The maximum atomic E-state index is 12.5. The van der Waals surface area contributed by atoms with E-state index in [2.05, 4.69) is 26.4 Å². The molecule has 3 N–H and O–H groups in total. The summed E-state index contributed by atoms with van der Waals surface area (Å²) in [5, 5.41) is 15.6. The number of sulfonamides is 1. The lowest BCUT2D eigenvalue weighted by molar-refractivity contribution is -0.130. The van der Waals surface area contributed by atoms with Crippen LogP contribution in [0.15, 0.2) is 23.2 Å². The molecule has 1 saturated heterocycles. The molecule has 1 saturated carbocycles. The predicted molar refractivity (Wildman–Crippen MR) is 118 cm³/mol. The van der Waals surface area contributed by atoms with Crippen molar-refractivity contribution in [2.24, 2.45) is 0 Å². The minimum atomic E-state index is -3.55. The van der Waals surface area contributed by atoms with Gasteiger partial charge in [0.25, 0.3) is 0 Å². The van der Waals surface area contributed by atoms with Crippen LogP contribution in [0.25, 0.3) is 0 Å². The summed E-state index contributed by atoms with van der Waals surface area (Å²) in [6.45, 7) is 5.20. The van der Waals surface area contributed by atoms with E-state index < -0.39 is 15.6 Å². The van der Waals surface area contributed by atoms with Gasteiger partial charge in [0.2, 0.25) is 15.9 Å². The minimum Gasteiger partial charge on any atom is -0.368 e. The van der Waals surface area contributed by atoms with Gasteiger partial charge in [0.15, 0.2) is 0 Å². The van der Waals surface area contributed by atoms with Gasteiger partial charge in [-0.2, -0.15) is 5.26 Å². The summed E-state index contributed by atoms with van der Waals surface area (Å²) >= 11 is 0. The molecule has 1 atom stereocenters. The zero-order valence-corrected chi connectivity index (χ0v) is 19.0. The molecular formula is C21H32N6O3S. The average Bonchev–Trinajstić information content (AvgIpc) is 3.42. The first kappa shape index (κ1) is 23.4. The zero-order valence-electron chi connectivity index (χ0n) is 18.2. The molecule has 3 rings (SSSR count). The average molecular weight is 449 g/mol. The zero-order chi connectivity index (χ0) is 22.5. The van der Waals surface area contributed by atoms with Crippen molar-refractivity contribution in [2.45, 2.75) is 74.9 Å². The standard InChI is InChI=1S/C21H32N6O3S/c1-21(2,25-14-20(28)27-11-5-8-17(27)12-22)15-24-19-10-9-18(13-23-19)31(29,30)26-16-6-3-4-7-16/h9-10,13,16-17,25-26H,3-8,11,14-15H2,1-2H3,(H,23,24)/t17-/m0/s1. The van der Waals surface area contributed by atoms with Crippen LogP contribution in [0.2, 0.25) is 0 Å². The fourth-order valence-electron chi connectivity index (χ4n) is 3.96. The number of carbonyl (C=O) groups is 1. The summed E-state index contributed by atoms with van der Waals surface area (Å²) in [5.74, 6) is 0.490. The second-order valence-electron chi connectivity index (χ2n) is 8.95. The Balaban J connectivity index is 1.48. The molecule has 2 heterocycles. The van der Waals surface area contributed by atoms with Crippen LogP contribution in [0.5, 0.6) is 0 Å². The van der Waals surface area contributed by atoms with E-state index in [1.165, 1.54) is 6.20 Å². The first-order chi connectivity index (χ1) is 14.7. The van der Waals surface area contributed by atoms with E-state index in [0.717, 1.165) is 38.5 Å². The highest BCUT2D eigenvalue weighted by atomic mass is 32.2. The molecule has 1 aromatic rings. The van der Waals surface area contributed by atoms with Gasteiger partial charge in [-0.3, -0.25) is 4.79 Å². The van der Waals surface area contributed by atoms with E-state index in [1.54, 1.807) is 17.0 Å². The number of anilines is 1. The van der Waals surface area contributed by atoms with E-state index in [4.69, 9.17) is 5.26 Å². The van der Waals surface area contributed by atoms with Crippen LogP contribution in [0, 0.1) is 11.3 Å². The van der Waals surface area contributed by atoms with Gasteiger partial charge >= 0.3 is 0 Å². The van der Waals surface area contributed by atoms with Crippen LogP contribution in [0.4, 0.5) is 5.82 Å². The van der Waals surface area contributed by atoms with Crippen LogP contribution < -0.4 is 15.4 Å². The fraction of sp³-hybridized carbons (Fsp3) is 0.667. The van der Waals surface area contributed by atoms with Crippen LogP contribution in [0.1, 0.15) is 52.4 Å². The van der Waals surface area contributed by atoms with Gasteiger partial charge in [0, 0.05) is 30.9 Å². The number of hydrogen-bond acceptors (Lipinski definition) is 7. The predicted octanol–water partition coefficient (Wildman–Crippen LogP) is 1.60. The molecule has 1 aliphatic heterocycles. The summed E-state index contributed by atoms with van der Waals surface area (Å²) in [7, 11) is -3.55. The van der Waals surface area contributed by atoms with Crippen molar-refractivity contribution in [2.75, 3.05) is 25.0 Å². The Morgan fingerprint density at radius 2 is 2.00 bits per heavy atom.